The Balaban J connectivity index is 2.23. The number of ether oxygens (including phenoxy) is 3. The monoisotopic (exact) mass is 396 g/mol. The predicted octanol–water partition coefficient (Wildman–Crippen LogP) is -4.92. The topological polar surface area (TPSA) is 207 Å². The van der Waals surface area contributed by atoms with Crippen LogP contribution in [-0.4, -0.2) is 114 Å². The predicted molar refractivity (Wildman–Crippen MR) is 82.5 cm³/mol. The molecule has 2 aliphatic rings. The van der Waals surface area contributed by atoms with Crippen molar-refractivity contribution in [3.05, 3.63) is 12.2 Å². The highest BCUT2D eigenvalue weighted by Gasteiger charge is 2.59. The molecule has 2 rings (SSSR count). The van der Waals surface area contributed by atoms with Gasteiger partial charge in [0.15, 0.2) is 12.6 Å². The minimum absolute atomic E-state index is 0.189. The van der Waals surface area contributed by atoms with Crippen molar-refractivity contribution in [2.75, 3.05) is 6.61 Å². The highest BCUT2D eigenvalue weighted by atomic mass is 16.8. The Morgan fingerprint density at radius 1 is 1.07 bits per heavy atom. The van der Waals surface area contributed by atoms with E-state index in [9.17, 15) is 45.6 Å². The number of Topliss-reactive ketones (excluding diaryl/α,β-unsaturated/α-hetero) is 1. The Morgan fingerprint density at radius 2 is 1.67 bits per heavy atom. The summed E-state index contributed by atoms with van der Waals surface area (Å²) in [6.07, 6.45) is -16.8. The fourth-order valence-electron chi connectivity index (χ4n) is 2.90. The Hall–Kier alpha value is -1.03. The molecule has 2 saturated heterocycles. The lowest BCUT2D eigenvalue weighted by Gasteiger charge is -2.48. The smallest absolute Gasteiger partial charge is 0.260 e. The maximum Gasteiger partial charge on any atom is 0.260 e. The molecule has 0 spiro atoms. The second-order valence-electron chi connectivity index (χ2n) is 6.55. The van der Waals surface area contributed by atoms with Gasteiger partial charge in [0, 0.05) is 0 Å². The lowest BCUT2D eigenvalue weighted by Crippen LogP contribution is -2.70. The Bertz CT molecular complexity index is 567. The summed E-state index contributed by atoms with van der Waals surface area (Å²) in [5, 5.41) is 78.8. The van der Waals surface area contributed by atoms with E-state index in [0.29, 0.717) is 0 Å². The van der Waals surface area contributed by atoms with E-state index in [2.05, 4.69) is 6.58 Å². The molecule has 2 heterocycles. The number of aliphatic hydroxyl groups excluding tert-OH is 7. The molecule has 156 valence electrons. The van der Waals surface area contributed by atoms with Crippen LogP contribution in [0.5, 0.6) is 0 Å². The van der Waals surface area contributed by atoms with Crippen molar-refractivity contribution < 1.29 is 59.9 Å². The minimum atomic E-state index is -2.90. The van der Waals surface area contributed by atoms with Crippen molar-refractivity contribution in [2.24, 2.45) is 0 Å². The standard InChI is InChI=1S/C15H24O12/c1-4(2)11(21)15(24)12(22)9(20)10(5(3-16)27-15)25-14-8(19)6(17)7(18)13(23)26-14/h5-10,12-14,16-20,22-24H,1,3H2,2H3/t5-,6+,7+,8-,9-,10-,12-,13+,14-,15+/m1/s1. The molecule has 10 atom stereocenters. The van der Waals surface area contributed by atoms with Crippen LogP contribution in [0.15, 0.2) is 12.2 Å². The van der Waals surface area contributed by atoms with Crippen molar-refractivity contribution in [3.63, 3.8) is 0 Å². The van der Waals surface area contributed by atoms with E-state index in [1.54, 1.807) is 0 Å². The lowest BCUT2D eigenvalue weighted by molar-refractivity contribution is -0.386. The van der Waals surface area contributed by atoms with E-state index in [1.807, 2.05) is 0 Å². The van der Waals surface area contributed by atoms with Crippen LogP contribution in [0.1, 0.15) is 6.92 Å². The van der Waals surface area contributed by atoms with Crippen molar-refractivity contribution in [3.8, 4) is 0 Å². The van der Waals surface area contributed by atoms with Crippen LogP contribution in [0.3, 0.4) is 0 Å². The number of ketones is 1. The molecule has 8 N–H and O–H groups in total. The van der Waals surface area contributed by atoms with Crippen LogP contribution in [0.4, 0.5) is 0 Å². The zero-order valence-electron chi connectivity index (χ0n) is 14.3. The van der Waals surface area contributed by atoms with Crippen LogP contribution in [0, 0.1) is 0 Å². The number of carbonyl (C=O) groups excluding carboxylic acids is 1. The highest BCUT2D eigenvalue weighted by molar-refractivity contribution is 6.00. The lowest BCUT2D eigenvalue weighted by atomic mass is 9.88. The third-order valence-electron chi connectivity index (χ3n) is 4.49. The number of rotatable bonds is 5. The Kier molecular flexibility index (Phi) is 6.72. The van der Waals surface area contributed by atoms with E-state index in [0.717, 1.165) is 0 Å². The number of hydrogen-bond donors (Lipinski definition) is 8. The fraction of sp³-hybridized carbons (Fsp3) is 0.800. The van der Waals surface area contributed by atoms with E-state index in [-0.39, 0.29) is 5.57 Å². The largest absolute Gasteiger partial charge is 0.394 e. The molecule has 0 radical (unpaired) electrons. The van der Waals surface area contributed by atoms with Gasteiger partial charge in [-0.1, -0.05) is 6.58 Å². The van der Waals surface area contributed by atoms with Crippen molar-refractivity contribution >= 4 is 5.78 Å². The molecular formula is C15H24O12. The number of aliphatic hydroxyl groups is 8. The van der Waals surface area contributed by atoms with Crippen LogP contribution in [0.2, 0.25) is 0 Å². The molecule has 0 aromatic rings. The summed E-state index contributed by atoms with van der Waals surface area (Å²) >= 11 is 0. The Morgan fingerprint density at radius 3 is 2.19 bits per heavy atom. The molecular weight excluding hydrogens is 372 g/mol. The molecule has 0 aliphatic carbocycles. The average Bonchev–Trinajstić information content (AvgIpc) is 2.63. The highest BCUT2D eigenvalue weighted by Crippen LogP contribution is 2.34. The second kappa shape index (κ2) is 8.14. The summed E-state index contributed by atoms with van der Waals surface area (Å²) < 4.78 is 15.0. The summed E-state index contributed by atoms with van der Waals surface area (Å²) in [7, 11) is 0. The normalized spacial score (nSPS) is 48.3. The van der Waals surface area contributed by atoms with Crippen molar-refractivity contribution in [2.45, 2.75) is 68.0 Å². The van der Waals surface area contributed by atoms with Gasteiger partial charge in [-0.3, -0.25) is 4.79 Å². The van der Waals surface area contributed by atoms with Gasteiger partial charge in [0.2, 0.25) is 5.78 Å². The van der Waals surface area contributed by atoms with Gasteiger partial charge in [-0.25, -0.2) is 0 Å². The molecule has 0 aromatic heterocycles. The van der Waals surface area contributed by atoms with Gasteiger partial charge in [0.25, 0.3) is 5.79 Å². The first-order valence-corrected chi connectivity index (χ1v) is 8.06. The maximum absolute atomic E-state index is 12.1. The molecule has 0 saturated carbocycles. The molecule has 2 fully saturated rings. The third-order valence-corrected chi connectivity index (χ3v) is 4.49. The summed E-state index contributed by atoms with van der Waals surface area (Å²) in [4.78, 5) is 12.1. The molecule has 0 amide bonds. The first-order valence-electron chi connectivity index (χ1n) is 8.06. The summed E-state index contributed by atoms with van der Waals surface area (Å²) in [5.74, 6) is -4.03. The van der Waals surface area contributed by atoms with E-state index in [1.165, 1.54) is 6.92 Å². The van der Waals surface area contributed by atoms with Gasteiger partial charge < -0.3 is 55.1 Å². The molecule has 0 bridgehead atoms. The summed E-state index contributed by atoms with van der Waals surface area (Å²) in [5.41, 5.74) is -0.189. The van der Waals surface area contributed by atoms with E-state index in [4.69, 9.17) is 14.2 Å². The Labute approximate surface area is 153 Å². The quantitative estimate of drug-likeness (QED) is 0.206. The maximum atomic E-state index is 12.1. The van der Waals surface area contributed by atoms with E-state index >= 15 is 0 Å². The van der Waals surface area contributed by atoms with Crippen molar-refractivity contribution in [1.82, 2.24) is 0 Å². The SMILES string of the molecule is C=C(C)C(=O)[C@]1(O)O[C@H](CO)[C@@H](O[C@@H]2O[C@H](O)[C@@H](O)[C@H](O)[C@H]2O)[C@@H](O)[C@H]1O. The van der Waals surface area contributed by atoms with Gasteiger partial charge in [-0.2, -0.15) is 0 Å². The average molecular weight is 396 g/mol. The molecule has 12 heteroatoms. The van der Waals surface area contributed by atoms with Crippen LogP contribution < -0.4 is 0 Å². The molecule has 12 nitrogen and oxygen atoms in total. The van der Waals surface area contributed by atoms with Crippen LogP contribution >= 0.6 is 0 Å². The van der Waals surface area contributed by atoms with Gasteiger partial charge >= 0.3 is 0 Å². The molecule has 27 heavy (non-hydrogen) atoms. The number of hydrogen-bond acceptors (Lipinski definition) is 12. The first kappa shape index (κ1) is 22.3. The molecule has 0 unspecified atom stereocenters. The van der Waals surface area contributed by atoms with Gasteiger partial charge in [-0.15, -0.1) is 0 Å². The minimum Gasteiger partial charge on any atom is -0.394 e. The second-order valence-corrected chi connectivity index (χ2v) is 6.55. The zero-order valence-corrected chi connectivity index (χ0v) is 14.3. The summed E-state index contributed by atoms with van der Waals surface area (Å²) in [6, 6.07) is 0. The molecule has 2 aliphatic heterocycles. The zero-order chi connectivity index (χ0) is 20.7. The third kappa shape index (κ3) is 3.92. The van der Waals surface area contributed by atoms with Crippen LogP contribution in [0.25, 0.3) is 0 Å². The molecule has 0 aromatic carbocycles. The van der Waals surface area contributed by atoms with Crippen LogP contribution in [-0.2, 0) is 19.0 Å². The van der Waals surface area contributed by atoms with Gasteiger partial charge in [-0.05, 0) is 12.5 Å². The first-order chi connectivity index (χ1) is 12.5. The van der Waals surface area contributed by atoms with Crippen molar-refractivity contribution in [1.29, 1.82) is 0 Å². The number of carbonyl (C=O) groups is 1. The fourth-order valence-corrected chi connectivity index (χ4v) is 2.90. The summed E-state index contributed by atoms with van der Waals surface area (Å²) in [6.45, 7) is 3.67. The van der Waals surface area contributed by atoms with Gasteiger partial charge in [0.1, 0.15) is 42.7 Å². The van der Waals surface area contributed by atoms with E-state index < -0.39 is 73.5 Å². The van der Waals surface area contributed by atoms with Gasteiger partial charge in [0.05, 0.1) is 6.61 Å².